The average molecular weight is 212 g/mol. The van der Waals surface area contributed by atoms with Crippen LogP contribution in [0.25, 0.3) is 0 Å². The van der Waals surface area contributed by atoms with Gasteiger partial charge in [0.15, 0.2) is 6.61 Å². The molecule has 14 heavy (non-hydrogen) atoms. The minimum absolute atomic E-state index is 0.0340. The normalized spacial score (nSPS) is 11.9. The van der Waals surface area contributed by atoms with E-state index in [0.717, 1.165) is 5.56 Å². The number of rotatable bonds is 3. The Morgan fingerprint density at radius 3 is 2.86 bits per heavy atom. The van der Waals surface area contributed by atoms with Gasteiger partial charge in [0.2, 0.25) is 0 Å². The summed E-state index contributed by atoms with van der Waals surface area (Å²) in [5, 5.41) is 18.0. The van der Waals surface area contributed by atoms with E-state index < -0.39 is 6.10 Å². The zero-order valence-corrected chi connectivity index (χ0v) is 8.45. The Hall–Kier alpha value is -1.24. The molecule has 0 heterocycles. The Morgan fingerprint density at radius 1 is 1.64 bits per heavy atom. The fraction of sp³-hybridized carbons (Fsp3) is 0.300. The summed E-state index contributed by atoms with van der Waals surface area (Å²) in [7, 11) is 0. The van der Waals surface area contributed by atoms with Crippen molar-refractivity contribution in [2.75, 3.05) is 6.61 Å². The lowest BCUT2D eigenvalue weighted by molar-refractivity contribution is 0.199. The highest BCUT2D eigenvalue weighted by molar-refractivity contribution is 6.32. The molecular formula is C10H10ClNO2. The molecule has 74 valence electrons. The van der Waals surface area contributed by atoms with E-state index in [0.29, 0.717) is 10.8 Å². The second-order valence-electron chi connectivity index (χ2n) is 2.81. The Labute approximate surface area is 87.5 Å². The molecule has 0 radical (unpaired) electrons. The van der Waals surface area contributed by atoms with Crippen LogP contribution in [0.4, 0.5) is 0 Å². The van der Waals surface area contributed by atoms with Gasteiger partial charge in [-0.25, -0.2) is 0 Å². The molecule has 0 aromatic heterocycles. The number of nitriles is 1. The van der Waals surface area contributed by atoms with Gasteiger partial charge in [0.1, 0.15) is 11.8 Å². The first kappa shape index (κ1) is 10.8. The first-order valence-corrected chi connectivity index (χ1v) is 4.50. The molecule has 0 fully saturated rings. The molecule has 0 bridgehead atoms. The van der Waals surface area contributed by atoms with Crippen LogP contribution in [-0.4, -0.2) is 11.7 Å². The number of nitrogens with zero attached hydrogens (tertiary/aromatic N) is 1. The zero-order chi connectivity index (χ0) is 10.6. The van der Waals surface area contributed by atoms with Gasteiger partial charge in [-0.3, -0.25) is 0 Å². The summed E-state index contributed by atoms with van der Waals surface area (Å²) >= 11 is 5.86. The van der Waals surface area contributed by atoms with Crippen LogP contribution < -0.4 is 4.74 Å². The van der Waals surface area contributed by atoms with Crippen molar-refractivity contribution in [2.24, 2.45) is 0 Å². The third-order valence-corrected chi connectivity index (χ3v) is 2.03. The Bertz CT molecular complexity index is 358. The van der Waals surface area contributed by atoms with Crippen molar-refractivity contribution in [1.82, 2.24) is 0 Å². The molecule has 0 saturated heterocycles. The molecule has 4 heteroatoms. The Kier molecular flexibility index (Phi) is 3.75. The number of aliphatic hydroxyl groups is 1. The van der Waals surface area contributed by atoms with Crippen molar-refractivity contribution in [3.05, 3.63) is 28.8 Å². The largest absolute Gasteiger partial charge is 0.477 e. The van der Waals surface area contributed by atoms with E-state index in [2.05, 4.69) is 0 Å². The highest BCUT2D eigenvalue weighted by Crippen LogP contribution is 2.27. The molecule has 1 aromatic rings. The molecule has 1 aromatic carbocycles. The standard InChI is InChI=1S/C10H10ClNO2/c1-7(13)8-2-3-10(9(11)6-8)14-5-4-12/h2-3,6-7,13H,5H2,1H3/t7-/m0/s1. The van der Waals surface area contributed by atoms with E-state index in [1.165, 1.54) is 0 Å². The van der Waals surface area contributed by atoms with Gasteiger partial charge >= 0.3 is 0 Å². The van der Waals surface area contributed by atoms with E-state index in [-0.39, 0.29) is 6.61 Å². The molecule has 1 N–H and O–H groups in total. The Balaban J connectivity index is 2.85. The van der Waals surface area contributed by atoms with Gasteiger partial charge in [-0.15, -0.1) is 0 Å². The summed E-state index contributed by atoms with van der Waals surface area (Å²) in [6.07, 6.45) is -0.558. The number of aliphatic hydroxyl groups excluding tert-OH is 1. The van der Waals surface area contributed by atoms with Gasteiger partial charge in [0, 0.05) is 0 Å². The first-order chi connectivity index (χ1) is 6.65. The van der Waals surface area contributed by atoms with Crippen LogP contribution in [0.3, 0.4) is 0 Å². The fourth-order valence-electron chi connectivity index (χ4n) is 1.00. The van der Waals surface area contributed by atoms with Gasteiger partial charge in [-0.2, -0.15) is 5.26 Å². The highest BCUT2D eigenvalue weighted by Gasteiger charge is 2.05. The predicted octanol–water partition coefficient (Wildman–Crippen LogP) is 2.30. The lowest BCUT2D eigenvalue weighted by Crippen LogP contribution is -1.96. The third kappa shape index (κ3) is 2.63. The maximum atomic E-state index is 9.26. The smallest absolute Gasteiger partial charge is 0.174 e. The summed E-state index contributed by atoms with van der Waals surface area (Å²) in [5.41, 5.74) is 0.722. The van der Waals surface area contributed by atoms with E-state index in [1.54, 1.807) is 25.1 Å². The van der Waals surface area contributed by atoms with Crippen LogP contribution in [0.2, 0.25) is 5.02 Å². The predicted molar refractivity (Wildman–Crippen MR) is 53.2 cm³/mol. The average Bonchev–Trinajstić information content (AvgIpc) is 2.15. The number of ether oxygens (including phenoxy) is 1. The highest BCUT2D eigenvalue weighted by atomic mass is 35.5. The molecule has 0 aliphatic carbocycles. The molecule has 0 unspecified atom stereocenters. The Morgan fingerprint density at radius 2 is 2.36 bits per heavy atom. The lowest BCUT2D eigenvalue weighted by Gasteiger charge is -2.08. The number of benzene rings is 1. The lowest BCUT2D eigenvalue weighted by atomic mass is 10.1. The molecule has 0 aliphatic heterocycles. The van der Waals surface area contributed by atoms with Crippen LogP contribution >= 0.6 is 11.6 Å². The summed E-state index contributed by atoms with van der Waals surface area (Å²) in [5.74, 6) is 0.456. The minimum atomic E-state index is -0.558. The SMILES string of the molecule is C[C@H](O)c1ccc(OCC#N)c(Cl)c1. The topological polar surface area (TPSA) is 53.2 Å². The molecule has 3 nitrogen and oxygen atoms in total. The second kappa shape index (κ2) is 4.85. The summed E-state index contributed by atoms with van der Waals surface area (Å²) in [4.78, 5) is 0. The number of hydrogen-bond acceptors (Lipinski definition) is 3. The van der Waals surface area contributed by atoms with Crippen molar-refractivity contribution in [1.29, 1.82) is 5.26 Å². The maximum absolute atomic E-state index is 9.26. The van der Waals surface area contributed by atoms with Crippen molar-refractivity contribution in [3.8, 4) is 11.8 Å². The van der Waals surface area contributed by atoms with Gasteiger partial charge in [0.25, 0.3) is 0 Å². The molecule has 0 amide bonds. The van der Waals surface area contributed by atoms with Crippen molar-refractivity contribution in [2.45, 2.75) is 13.0 Å². The number of hydrogen-bond donors (Lipinski definition) is 1. The van der Waals surface area contributed by atoms with E-state index in [4.69, 9.17) is 21.6 Å². The molecular weight excluding hydrogens is 202 g/mol. The fourth-order valence-corrected chi connectivity index (χ4v) is 1.25. The molecule has 0 aliphatic rings. The third-order valence-electron chi connectivity index (χ3n) is 1.73. The van der Waals surface area contributed by atoms with Gasteiger partial charge in [0.05, 0.1) is 11.1 Å². The van der Waals surface area contributed by atoms with Crippen molar-refractivity contribution >= 4 is 11.6 Å². The quantitative estimate of drug-likeness (QED) is 0.835. The zero-order valence-electron chi connectivity index (χ0n) is 7.70. The molecule has 1 rings (SSSR count). The minimum Gasteiger partial charge on any atom is -0.477 e. The van der Waals surface area contributed by atoms with Crippen molar-refractivity contribution in [3.63, 3.8) is 0 Å². The van der Waals surface area contributed by atoms with E-state index in [1.807, 2.05) is 6.07 Å². The summed E-state index contributed by atoms with van der Waals surface area (Å²) in [6, 6.07) is 6.83. The second-order valence-corrected chi connectivity index (χ2v) is 3.22. The van der Waals surface area contributed by atoms with Crippen molar-refractivity contribution < 1.29 is 9.84 Å². The van der Waals surface area contributed by atoms with E-state index >= 15 is 0 Å². The molecule has 1 atom stereocenters. The van der Waals surface area contributed by atoms with E-state index in [9.17, 15) is 5.11 Å². The molecule has 0 spiro atoms. The summed E-state index contributed by atoms with van der Waals surface area (Å²) in [6.45, 7) is 1.62. The monoisotopic (exact) mass is 211 g/mol. The summed E-state index contributed by atoms with van der Waals surface area (Å²) < 4.78 is 5.05. The van der Waals surface area contributed by atoms with Crippen LogP contribution in [0.5, 0.6) is 5.75 Å². The van der Waals surface area contributed by atoms with Crippen LogP contribution in [0.15, 0.2) is 18.2 Å². The van der Waals surface area contributed by atoms with Gasteiger partial charge in [-0.05, 0) is 24.6 Å². The molecule has 0 saturated carbocycles. The van der Waals surface area contributed by atoms with Crippen LogP contribution in [-0.2, 0) is 0 Å². The van der Waals surface area contributed by atoms with Crippen LogP contribution in [0.1, 0.15) is 18.6 Å². The maximum Gasteiger partial charge on any atom is 0.174 e. The van der Waals surface area contributed by atoms with Gasteiger partial charge < -0.3 is 9.84 Å². The first-order valence-electron chi connectivity index (χ1n) is 4.12. The van der Waals surface area contributed by atoms with Gasteiger partial charge in [-0.1, -0.05) is 17.7 Å². The number of halogens is 1. The van der Waals surface area contributed by atoms with Crippen LogP contribution in [0, 0.1) is 11.3 Å².